The van der Waals surface area contributed by atoms with Crippen molar-refractivity contribution in [2.75, 3.05) is 0 Å². The van der Waals surface area contributed by atoms with Gasteiger partial charge in [0.1, 0.15) is 5.01 Å². The first kappa shape index (κ1) is 15.0. The van der Waals surface area contributed by atoms with Gasteiger partial charge in [-0.05, 0) is 18.8 Å². The minimum atomic E-state index is -0.895. The van der Waals surface area contributed by atoms with Crippen LogP contribution in [0.1, 0.15) is 43.9 Å². The van der Waals surface area contributed by atoms with Gasteiger partial charge in [-0.15, -0.1) is 11.3 Å². The van der Waals surface area contributed by atoms with Crippen molar-refractivity contribution >= 4 is 23.2 Å². The quantitative estimate of drug-likeness (QED) is 0.874. The molecule has 20 heavy (non-hydrogen) atoms. The van der Waals surface area contributed by atoms with E-state index in [-0.39, 0.29) is 11.9 Å². The molecule has 1 aromatic rings. The normalized spacial score (nSPS) is 25.0. The molecular formula is C14H20N2O3S. The van der Waals surface area contributed by atoms with E-state index in [9.17, 15) is 9.59 Å². The summed E-state index contributed by atoms with van der Waals surface area (Å²) in [5.41, 5.74) is 0.473. The SMILES string of the molecule is CCC(NC(=O)[C@@H]1[C@H](C(=O)O)C1(C)C)c1nc(C)cs1. The van der Waals surface area contributed by atoms with Crippen LogP contribution in [0.4, 0.5) is 0 Å². The van der Waals surface area contributed by atoms with Gasteiger partial charge in [-0.1, -0.05) is 20.8 Å². The lowest BCUT2D eigenvalue weighted by Crippen LogP contribution is -2.31. The van der Waals surface area contributed by atoms with Crippen molar-refractivity contribution in [3.63, 3.8) is 0 Å². The molecule has 1 heterocycles. The molecule has 0 saturated heterocycles. The molecule has 1 unspecified atom stereocenters. The Labute approximate surface area is 122 Å². The number of nitrogens with one attached hydrogen (secondary N) is 1. The van der Waals surface area contributed by atoms with E-state index in [0.29, 0.717) is 0 Å². The van der Waals surface area contributed by atoms with Gasteiger partial charge < -0.3 is 10.4 Å². The summed E-state index contributed by atoms with van der Waals surface area (Å²) in [5, 5.41) is 14.9. The number of carbonyl (C=O) groups is 2. The molecule has 110 valence electrons. The highest BCUT2D eigenvalue weighted by Gasteiger charge is 2.66. The van der Waals surface area contributed by atoms with Crippen LogP contribution >= 0.6 is 11.3 Å². The maximum atomic E-state index is 12.3. The zero-order valence-electron chi connectivity index (χ0n) is 12.1. The summed E-state index contributed by atoms with van der Waals surface area (Å²) in [5.74, 6) is -2.11. The fourth-order valence-electron chi connectivity index (χ4n) is 2.72. The first-order chi connectivity index (χ1) is 9.28. The summed E-state index contributed by atoms with van der Waals surface area (Å²) < 4.78 is 0. The third-order valence-corrected chi connectivity index (χ3v) is 5.11. The zero-order chi connectivity index (χ0) is 15.1. The Morgan fingerprint density at radius 1 is 1.50 bits per heavy atom. The number of carbonyl (C=O) groups excluding carboxylic acids is 1. The highest BCUT2D eigenvalue weighted by Crippen LogP contribution is 2.58. The fourth-order valence-corrected chi connectivity index (χ4v) is 3.65. The summed E-state index contributed by atoms with van der Waals surface area (Å²) in [6.45, 7) is 7.54. The van der Waals surface area contributed by atoms with Gasteiger partial charge in [0.05, 0.1) is 17.9 Å². The van der Waals surface area contributed by atoms with Crippen molar-refractivity contribution < 1.29 is 14.7 Å². The van der Waals surface area contributed by atoms with Gasteiger partial charge in [-0.3, -0.25) is 9.59 Å². The Hall–Kier alpha value is -1.43. The number of aliphatic carboxylic acids is 1. The van der Waals surface area contributed by atoms with Gasteiger partial charge in [-0.2, -0.15) is 0 Å². The van der Waals surface area contributed by atoms with Gasteiger partial charge in [-0.25, -0.2) is 4.98 Å². The molecule has 1 aliphatic rings. The summed E-state index contributed by atoms with van der Waals surface area (Å²) in [6.07, 6.45) is 0.740. The smallest absolute Gasteiger partial charge is 0.307 e. The van der Waals surface area contributed by atoms with E-state index in [4.69, 9.17) is 5.11 Å². The summed E-state index contributed by atoms with van der Waals surface area (Å²) in [7, 11) is 0. The summed E-state index contributed by atoms with van der Waals surface area (Å²) >= 11 is 1.52. The number of aromatic nitrogens is 1. The molecule has 3 atom stereocenters. The van der Waals surface area contributed by atoms with Crippen molar-refractivity contribution in [1.82, 2.24) is 10.3 Å². The van der Waals surface area contributed by atoms with Crippen LogP contribution < -0.4 is 5.32 Å². The molecule has 6 heteroatoms. The predicted octanol–water partition coefficient (Wildman–Crippen LogP) is 2.38. The maximum Gasteiger partial charge on any atom is 0.307 e. The Bertz CT molecular complexity index is 538. The van der Waals surface area contributed by atoms with E-state index in [0.717, 1.165) is 17.1 Å². The number of rotatable bonds is 5. The van der Waals surface area contributed by atoms with E-state index < -0.39 is 23.2 Å². The molecule has 5 nitrogen and oxygen atoms in total. The van der Waals surface area contributed by atoms with Gasteiger partial charge >= 0.3 is 5.97 Å². The van der Waals surface area contributed by atoms with Crippen LogP contribution in [0.2, 0.25) is 0 Å². The largest absolute Gasteiger partial charge is 0.481 e. The molecule has 0 aromatic carbocycles. The van der Waals surface area contributed by atoms with E-state index in [1.807, 2.05) is 33.1 Å². The Morgan fingerprint density at radius 3 is 2.55 bits per heavy atom. The molecule has 1 aliphatic carbocycles. The van der Waals surface area contributed by atoms with Crippen LogP contribution in [0.3, 0.4) is 0 Å². The summed E-state index contributed by atoms with van der Waals surface area (Å²) in [4.78, 5) is 27.8. The van der Waals surface area contributed by atoms with Gasteiger partial charge in [0.2, 0.25) is 5.91 Å². The van der Waals surface area contributed by atoms with Crippen molar-refractivity contribution in [3.8, 4) is 0 Å². The number of hydrogen-bond donors (Lipinski definition) is 2. The number of nitrogens with zero attached hydrogens (tertiary/aromatic N) is 1. The number of thiazole rings is 1. The van der Waals surface area contributed by atoms with E-state index in [1.165, 1.54) is 11.3 Å². The molecule has 0 radical (unpaired) electrons. The lowest BCUT2D eigenvalue weighted by molar-refractivity contribution is -0.140. The number of hydrogen-bond acceptors (Lipinski definition) is 4. The average Bonchev–Trinajstić information content (AvgIpc) is 2.70. The van der Waals surface area contributed by atoms with Crippen molar-refractivity contribution in [3.05, 3.63) is 16.1 Å². The van der Waals surface area contributed by atoms with Crippen LogP contribution in [0.25, 0.3) is 0 Å². The lowest BCUT2D eigenvalue weighted by atomic mass is 10.1. The minimum absolute atomic E-state index is 0.132. The number of amides is 1. The molecule has 2 rings (SSSR count). The second kappa shape index (κ2) is 5.16. The van der Waals surface area contributed by atoms with Crippen molar-refractivity contribution in [2.45, 2.75) is 40.2 Å². The third kappa shape index (κ3) is 2.57. The summed E-state index contributed by atoms with van der Waals surface area (Å²) in [6, 6.07) is -0.132. The third-order valence-electron chi connectivity index (χ3n) is 4.04. The zero-order valence-corrected chi connectivity index (χ0v) is 13.0. The number of carboxylic acids is 1. The molecule has 2 N–H and O–H groups in total. The van der Waals surface area contributed by atoms with Crippen molar-refractivity contribution in [2.24, 2.45) is 17.3 Å². The van der Waals surface area contributed by atoms with E-state index in [2.05, 4.69) is 10.3 Å². The second-order valence-corrected chi connectivity index (χ2v) is 6.80. The predicted molar refractivity (Wildman–Crippen MR) is 76.4 cm³/mol. The van der Waals surface area contributed by atoms with Crippen molar-refractivity contribution in [1.29, 1.82) is 0 Å². The Balaban J connectivity index is 2.06. The first-order valence-electron chi connectivity index (χ1n) is 6.74. The monoisotopic (exact) mass is 296 g/mol. The molecule has 1 amide bonds. The van der Waals surface area contributed by atoms with E-state index in [1.54, 1.807) is 0 Å². The maximum absolute atomic E-state index is 12.3. The van der Waals surface area contributed by atoms with Crippen LogP contribution in [-0.4, -0.2) is 22.0 Å². The Morgan fingerprint density at radius 2 is 2.15 bits per heavy atom. The fraction of sp³-hybridized carbons (Fsp3) is 0.643. The van der Waals surface area contributed by atoms with Crippen LogP contribution in [-0.2, 0) is 9.59 Å². The van der Waals surface area contributed by atoms with Gasteiger partial charge in [0.25, 0.3) is 0 Å². The van der Waals surface area contributed by atoms with Gasteiger partial charge in [0, 0.05) is 11.1 Å². The van der Waals surface area contributed by atoms with Gasteiger partial charge in [0.15, 0.2) is 0 Å². The van der Waals surface area contributed by atoms with Crippen LogP contribution in [0.15, 0.2) is 5.38 Å². The van der Waals surface area contributed by atoms with E-state index >= 15 is 0 Å². The highest BCUT2D eigenvalue weighted by molar-refractivity contribution is 7.09. The number of carboxylic acid groups (broad SMARTS) is 1. The molecular weight excluding hydrogens is 276 g/mol. The Kier molecular flexibility index (Phi) is 3.86. The molecule has 1 fully saturated rings. The second-order valence-electron chi connectivity index (χ2n) is 5.91. The minimum Gasteiger partial charge on any atom is -0.481 e. The first-order valence-corrected chi connectivity index (χ1v) is 7.62. The standard InChI is InChI=1S/C14H20N2O3S/c1-5-8(12-15-7(2)6-20-12)16-11(17)9-10(13(18)19)14(9,3)4/h6,8-10H,5H2,1-4H3,(H,16,17)(H,18,19)/t8?,9-,10+/m0/s1. The van der Waals surface area contributed by atoms with Crippen LogP contribution in [0, 0.1) is 24.2 Å². The molecule has 1 saturated carbocycles. The number of aryl methyl sites for hydroxylation is 1. The molecule has 0 spiro atoms. The molecule has 1 aromatic heterocycles. The lowest BCUT2D eigenvalue weighted by Gasteiger charge is -2.15. The molecule has 0 aliphatic heterocycles. The molecule has 0 bridgehead atoms. The van der Waals surface area contributed by atoms with Crippen LogP contribution in [0.5, 0.6) is 0 Å². The highest BCUT2D eigenvalue weighted by atomic mass is 32.1. The topological polar surface area (TPSA) is 79.3 Å². The average molecular weight is 296 g/mol.